The van der Waals surface area contributed by atoms with Crippen LogP contribution in [-0.4, -0.2) is 23.4 Å². The topological polar surface area (TPSA) is 46.5 Å². The molecular formula is C19H19F3O3. The van der Waals surface area contributed by atoms with Crippen molar-refractivity contribution >= 4 is 11.5 Å². The number of hydrogen-bond acceptors (Lipinski definition) is 2. The van der Waals surface area contributed by atoms with Crippen molar-refractivity contribution in [1.82, 2.24) is 0 Å². The van der Waals surface area contributed by atoms with Crippen molar-refractivity contribution < 1.29 is 27.8 Å². The minimum Gasteiger partial charge on any atom is -0.482 e. The summed E-state index contributed by atoms with van der Waals surface area (Å²) in [6, 6.07) is 7.38. The molecule has 25 heavy (non-hydrogen) atoms. The Hall–Kier alpha value is -2.50. The smallest absolute Gasteiger partial charge is 0.412 e. The van der Waals surface area contributed by atoms with E-state index in [4.69, 9.17) is 5.11 Å². The predicted molar refractivity (Wildman–Crippen MR) is 88.8 cm³/mol. The lowest BCUT2D eigenvalue weighted by Gasteiger charge is -2.24. The lowest BCUT2D eigenvalue weighted by molar-refractivity contribution is -0.144. The molecule has 1 atom stereocenters. The summed E-state index contributed by atoms with van der Waals surface area (Å²) >= 11 is 0. The number of alkyl halides is 3. The van der Waals surface area contributed by atoms with Crippen LogP contribution < -0.4 is 0 Å². The summed E-state index contributed by atoms with van der Waals surface area (Å²) in [5.74, 6) is -0.962. The molecule has 1 heterocycles. The second kappa shape index (κ2) is 8.05. The summed E-state index contributed by atoms with van der Waals surface area (Å²) in [6.45, 7) is 1.78. The lowest BCUT2D eigenvalue weighted by atomic mass is 9.84. The second-order valence-corrected chi connectivity index (χ2v) is 5.57. The third-order valence-electron chi connectivity index (χ3n) is 3.99. The van der Waals surface area contributed by atoms with E-state index in [9.17, 15) is 18.0 Å². The van der Waals surface area contributed by atoms with E-state index < -0.39 is 18.2 Å². The number of aliphatic carboxylic acids is 1. The van der Waals surface area contributed by atoms with Gasteiger partial charge >= 0.3 is 12.1 Å². The number of fused-ring (bicyclic) bond motifs is 1. The van der Waals surface area contributed by atoms with E-state index in [1.165, 1.54) is 12.3 Å². The average Bonchev–Trinajstić information content (AvgIpc) is 2.61. The molecule has 0 fully saturated rings. The Kier molecular flexibility index (Phi) is 6.07. The number of carboxylic acid groups (broad SMARTS) is 1. The average molecular weight is 352 g/mol. The van der Waals surface area contributed by atoms with Crippen molar-refractivity contribution in [2.75, 3.05) is 0 Å². The summed E-state index contributed by atoms with van der Waals surface area (Å²) in [5, 5.41) is 8.33. The van der Waals surface area contributed by atoms with Crippen LogP contribution in [0.15, 0.2) is 54.3 Å². The van der Waals surface area contributed by atoms with Crippen molar-refractivity contribution in [3.63, 3.8) is 0 Å². The molecule has 0 aromatic heterocycles. The van der Waals surface area contributed by atoms with Crippen LogP contribution in [0, 0.1) is 0 Å². The summed E-state index contributed by atoms with van der Waals surface area (Å²) in [4.78, 5) is 10.1. The molecule has 1 aromatic carbocycles. The van der Waals surface area contributed by atoms with Crippen molar-refractivity contribution in [1.29, 1.82) is 0 Å². The van der Waals surface area contributed by atoms with Crippen molar-refractivity contribution in [2.24, 2.45) is 0 Å². The van der Waals surface area contributed by atoms with Gasteiger partial charge in [-0.3, -0.25) is 0 Å². The zero-order chi connectivity index (χ0) is 18.4. The zero-order valence-corrected chi connectivity index (χ0v) is 13.7. The molecule has 1 N–H and O–H groups in total. The van der Waals surface area contributed by atoms with Crippen LogP contribution in [0.3, 0.4) is 0 Å². The fraction of sp³-hybridized carbons (Fsp3) is 0.316. The largest absolute Gasteiger partial charge is 0.482 e. The fourth-order valence-corrected chi connectivity index (χ4v) is 2.85. The van der Waals surface area contributed by atoms with Gasteiger partial charge in [-0.1, -0.05) is 37.3 Å². The molecule has 1 aliphatic carbocycles. The van der Waals surface area contributed by atoms with Crippen molar-refractivity contribution in [2.45, 2.75) is 38.5 Å². The molecule has 6 heteroatoms. The Morgan fingerprint density at radius 1 is 1.24 bits per heavy atom. The molecule has 3 rings (SSSR count). The quantitative estimate of drug-likeness (QED) is 0.824. The highest BCUT2D eigenvalue weighted by molar-refractivity contribution is 5.75. The standard InChI is InChI=1S/C13H13F3.C6H6O3/c1-2-10-11-6-4-3-5-9(11)7-8-12(10)13(14,15)16;7-6(8)5-3-1-2-4-9-5/h3-6H,2,7-8H2,1H3;1-5H,(H,7,8). The van der Waals surface area contributed by atoms with Crippen LogP contribution in [0.4, 0.5) is 13.2 Å². The van der Waals surface area contributed by atoms with Gasteiger partial charge in [0.15, 0.2) is 0 Å². The van der Waals surface area contributed by atoms with Gasteiger partial charge in [0, 0.05) is 5.57 Å². The highest BCUT2D eigenvalue weighted by Gasteiger charge is 2.37. The van der Waals surface area contributed by atoms with Crippen LogP contribution in [0.25, 0.3) is 5.57 Å². The van der Waals surface area contributed by atoms with E-state index in [0.717, 1.165) is 11.1 Å². The molecule has 1 aromatic rings. The number of aryl methyl sites for hydroxylation is 1. The Balaban J connectivity index is 0.000000212. The van der Waals surface area contributed by atoms with Crippen LogP contribution in [0.2, 0.25) is 0 Å². The fourth-order valence-electron chi connectivity index (χ4n) is 2.85. The minimum absolute atomic E-state index is 0.115. The number of ether oxygens (including phenoxy) is 1. The first-order valence-electron chi connectivity index (χ1n) is 7.93. The first-order chi connectivity index (χ1) is 11.8. The molecule has 1 unspecified atom stereocenters. The Bertz CT molecular complexity index is 715. The Labute approximate surface area is 144 Å². The summed E-state index contributed by atoms with van der Waals surface area (Å²) in [5.41, 5.74) is 1.94. The summed E-state index contributed by atoms with van der Waals surface area (Å²) in [6.07, 6.45) is 2.18. The molecule has 0 saturated heterocycles. The van der Waals surface area contributed by atoms with Crippen LogP contribution in [0.5, 0.6) is 0 Å². The molecule has 0 radical (unpaired) electrons. The van der Waals surface area contributed by atoms with Crippen LogP contribution >= 0.6 is 0 Å². The van der Waals surface area contributed by atoms with Gasteiger partial charge in [0.05, 0.1) is 6.26 Å². The van der Waals surface area contributed by atoms with Gasteiger partial charge < -0.3 is 9.84 Å². The number of hydrogen-bond donors (Lipinski definition) is 1. The predicted octanol–water partition coefficient (Wildman–Crippen LogP) is 4.90. The molecule has 1 aliphatic heterocycles. The molecule has 0 bridgehead atoms. The number of carboxylic acids is 1. The normalized spacial score (nSPS) is 18.8. The van der Waals surface area contributed by atoms with E-state index in [0.29, 0.717) is 18.4 Å². The Morgan fingerprint density at radius 2 is 1.96 bits per heavy atom. The number of benzene rings is 1. The van der Waals surface area contributed by atoms with Gasteiger partial charge in [-0.25, -0.2) is 4.79 Å². The first kappa shape index (κ1) is 18.8. The van der Waals surface area contributed by atoms with Crippen LogP contribution in [-0.2, 0) is 16.0 Å². The van der Waals surface area contributed by atoms with Gasteiger partial charge in [0.2, 0.25) is 6.10 Å². The highest BCUT2D eigenvalue weighted by Crippen LogP contribution is 2.41. The summed E-state index contributed by atoms with van der Waals surface area (Å²) in [7, 11) is 0. The molecule has 134 valence electrons. The van der Waals surface area contributed by atoms with E-state index >= 15 is 0 Å². The maximum Gasteiger partial charge on any atom is 0.412 e. The van der Waals surface area contributed by atoms with Gasteiger partial charge in [0.1, 0.15) is 0 Å². The molecule has 3 nitrogen and oxygen atoms in total. The van der Waals surface area contributed by atoms with Gasteiger partial charge in [-0.15, -0.1) is 0 Å². The van der Waals surface area contributed by atoms with Crippen molar-refractivity contribution in [3.05, 3.63) is 65.5 Å². The molecule has 2 aliphatic rings. The minimum atomic E-state index is -4.18. The maximum atomic E-state index is 12.8. The van der Waals surface area contributed by atoms with Gasteiger partial charge in [0.25, 0.3) is 0 Å². The van der Waals surface area contributed by atoms with Gasteiger partial charge in [-0.05, 0) is 48.1 Å². The van der Waals surface area contributed by atoms with Gasteiger partial charge in [-0.2, -0.15) is 13.2 Å². The number of allylic oxidation sites excluding steroid dienone is 4. The third kappa shape index (κ3) is 4.75. The summed E-state index contributed by atoms with van der Waals surface area (Å²) < 4.78 is 43.1. The zero-order valence-electron chi connectivity index (χ0n) is 13.7. The number of rotatable bonds is 2. The highest BCUT2D eigenvalue weighted by atomic mass is 19.4. The first-order valence-corrected chi connectivity index (χ1v) is 7.93. The van der Waals surface area contributed by atoms with E-state index in [2.05, 4.69) is 4.74 Å². The Morgan fingerprint density at radius 3 is 2.48 bits per heavy atom. The monoisotopic (exact) mass is 352 g/mol. The van der Waals surface area contributed by atoms with E-state index in [1.54, 1.807) is 31.2 Å². The molecule has 0 amide bonds. The molecule has 0 saturated carbocycles. The number of carbonyl (C=O) groups is 1. The van der Waals surface area contributed by atoms with Crippen molar-refractivity contribution in [3.8, 4) is 0 Å². The van der Waals surface area contributed by atoms with E-state index in [-0.39, 0.29) is 12.0 Å². The molecule has 0 spiro atoms. The molecular weight excluding hydrogens is 333 g/mol. The van der Waals surface area contributed by atoms with Crippen LogP contribution in [0.1, 0.15) is 30.9 Å². The lowest BCUT2D eigenvalue weighted by Crippen LogP contribution is -2.19. The number of halogens is 3. The third-order valence-corrected chi connectivity index (χ3v) is 3.99. The second-order valence-electron chi connectivity index (χ2n) is 5.57. The maximum absolute atomic E-state index is 12.8. The SMILES string of the molecule is CCC1=C(C(F)(F)F)CCc2ccccc21.O=C(O)C1C=CC=CO1. The van der Waals surface area contributed by atoms with E-state index in [1.807, 2.05) is 12.1 Å².